The van der Waals surface area contributed by atoms with Crippen LogP contribution >= 0.6 is 22.9 Å². The van der Waals surface area contributed by atoms with Crippen LogP contribution in [0.3, 0.4) is 0 Å². The van der Waals surface area contributed by atoms with Crippen molar-refractivity contribution < 1.29 is 4.74 Å². The summed E-state index contributed by atoms with van der Waals surface area (Å²) in [5.74, 6) is 1.14. The average molecular weight is 257 g/mol. The quantitative estimate of drug-likeness (QED) is 0.892. The number of methoxy groups -OCH3 is 1. The normalized spacial score (nSPS) is 11.3. The third-order valence-corrected chi connectivity index (χ3v) is 3.64. The van der Waals surface area contributed by atoms with Crippen LogP contribution in [-0.2, 0) is 0 Å². The van der Waals surface area contributed by atoms with Crippen molar-refractivity contribution in [2.45, 2.75) is 19.8 Å². The van der Waals surface area contributed by atoms with Gasteiger partial charge in [-0.15, -0.1) is 0 Å². The summed E-state index contributed by atoms with van der Waals surface area (Å²) < 4.78 is 6.38. The number of hydrogen-bond acceptors (Lipinski definition) is 4. The molecule has 2 aromatic rings. The highest BCUT2D eigenvalue weighted by molar-refractivity contribution is 7.22. The van der Waals surface area contributed by atoms with Gasteiger partial charge in [0.2, 0.25) is 0 Å². The monoisotopic (exact) mass is 256 g/mol. The fraction of sp³-hybridized carbons (Fsp3) is 0.364. The first kappa shape index (κ1) is 11.5. The molecule has 2 rings (SSSR count). The number of nitrogens with zero attached hydrogens (tertiary/aromatic N) is 1. The Hall–Kier alpha value is -1.00. The second-order valence-corrected chi connectivity index (χ2v) is 5.30. The molecule has 0 unspecified atom stereocenters. The van der Waals surface area contributed by atoms with Crippen molar-refractivity contribution in [3.05, 3.63) is 16.7 Å². The average Bonchev–Trinajstić information content (AvgIpc) is 2.58. The Balaban J connectivity index is 2.86. The standard InChI is InChI=1S/C11H13ClN2OS/c1-5(2)8-7(15-3)4-6(12)9-10(8)16-11(13)14-9/h4-5H,1-3H3,(H2,13,14). The van der Waals surface area contributed by atoms with Crippen LogP contribution < -0.4 is 10.5 Å². The topological polar surface area (TPSA) is 48.1 Å². The predicted octanol–water partition coefficient (Wildman–Crippen LogP) is 3.66. The summed E-state index contributed by atoms with van der Waals surface area (Å²) in [6.45, 7) is 4.22. The lowest BCUT2D eigenvalue weighted by atomic mass is 10.0. The van der Waals surface area contributed by atoms with E-state index in [1.807, 2.05) is 0 Å². The van der Waals surface area contributed by atoms with E-state index < -0.39 is 0 Å². The van der Waals surface area contributed by atoms with Gasteiger partial charge in [-0.3, -0.25) is 0 Å². The molecule has 1 aromatic carbocycles. The third kappa shape index (κ3) is 1.72. The van der Waals surface area contributed by atoms with Crippen LogP contribution in [0.2, 0.25) is 5.02 Å². The molecule has 0 saturated carbocycles. The van der Waals surface area contributed by atoms with Gasteiger partial charge < -0.3 is 10.5 Å². The maximum atomic E-state index is 6.14. The molecular formula is C11H13ClN2OS. The van der Waals surface area contributed by atoms with Gasteiger partial charge in [0.05, 0.1) is 16.8 Å². The minimum Gasteiger partial charge on any atom is -0.496 e. The second-order valence-electron chi connectivity index (χ2n) is 3.86. The van der Waals surface area contributed by atoms with E-state index in [4.69, 9.17) is 22.1 Å². The maximum absolute atomic E-state index is 6.14. The summed E-state index contributed by atoms with van der Waals surface area (Å²) >= 11 is 7.59. The van der Waals surface area contributed by atoms with E-state index >= 15 is 0 Å². The van der Waals surface area contributed by atoms with Gasteiger partial charge in [0, 0.05) is 11.6 Å². The molecule has 0 aliphatic rings. The second kappa shape index (κ2) is 4.11. The van der Waals surface area contributed by atoms with E-state index in [1.165, 1.54) is 11.3 Å². The Morgan fingerprint density at radius 3 is 2.75 bits per heavy atom. The van der Waals surface area contributed by atoms with Crippen molar-refractivity contribution in [1.82, 2.24) is 4.98 Å². The van der Waals surface area contributed by atoms with Crippen LogP contribution in [0.4, 0.5) is 5.13 Å². The van der Waals surface area contributed by atoms with Gasteiger partial charge in [-0.25, -0.2) is 4.98 Å². The third-order valence-electron chi connectivity index (χ3n) is 2.44. The molecule has 0 radical (unpaired) electrons. The van der Waals surface area contributed by atoms with Gasteiger partial charge in [-0.2, -0.15) is 0 Å². The lowest BCUT2D eigenvalue weighted by molar-refractivity contribution is 0.408. The Kier molecular flexibility index (Phi) is 2.95. The largest absolute Gasteiger partial charge is 0.496 e. The van der Waals surface area contributed by atoms with E-state index in [-0.39, 0.29) is 0 Å². The molecule has 0 spiro atoms. The van der Waals surface area contributed by atoms with E-state index in [0.29, 0.717) is 16.1 Å². The number of nitrogens with two attached hydrogens (primary N) is 1. The lowest BCUT2D eigenvalue weighted by Crippen LogP contribution is -1.95. The zero-order valence-electron chi connectivity index (χ0n) is 9.37. The smallest absolute Gasteiger partial charge is 0.181 e. The van der Waals surface area contributed by atoms with E-state index in [0.717, 1.165) is 21.5 Å². The first-order chi connectivity index (χ1) is 7.54. The molecular weight excluding hydrogens is 244 g/mol. The number of aromatic nitrogens is 1. The van der Waals surface area contributed by atoms with Gasteiger partial charge in [0.15, 0.2) is 5.13 Å². The van der Waals surface area contributed by atoms with Gasteiger partial charge >= 0.3 is 0 Å². The summed E-state index contributed by atoms with van der Waals surface area (Å²) in [6, 6.07) is 1.80. The molecule has 3 nitrogen and oxygen atoms in total. The zero-order chi connectivity index (χ0) is 11.9. The van der Waals surface area contributed by atoms with Crippen LogP contribution in [0.1, 0.15) is 25.3 Å². The van der Waals surface area contributed by atoms with Crippen molar-refractivity contribution >= 4 is 38.3 Å². The number of nitrogen functional groups attached to an aromatic ring is 1. The number of benzene rings is 1. The van der Waals surface area contributed by atoms with Crippen molar-refractivity contribution in [3.8, 4) is 5.75 Å². The minimum absolute atomic E-state index is 0.342. The van der Waals surface area contributed by atoms with Gasteiger partial charge in [-0.05, 0) is 5.92 Å². The first-order valence-corrected chi connectivity index (χ1v) is 6.16. The highest BCUT2D eigenvalue weighted by atomic mass is 35.5. The molecule has 0 atom stereocenters. The van der Waals surface area contributed by atoms with Crippen LogP contribution in [0.15, 0.2) is 6.07 Å². The van der Waals surface area contributed by atoms with Crippen molar-refractivity contribution in [2.24, 2.45) is 0 Å². The fourth-order valence-corrected chi connectivity index (χ4v) is 3.11. The van der Waals surface area contributed by atoms with Crippen molar-refractivity contribution in [1.29, 1.82) is 0 Å². The van der Waals surface area contributed by atoms with E-state index in [1.54, 1.807) is 13.2 Å². The van der Waals surface area contributed by atoms with Crippen LogP contribution in [0.25, 0.3) is 10.2 Å². The Bertz CT molecular complexity index is 536. The molecule has 0 fully saturated rings. The summed E-state index contributed by atoms with van der Waals surface area (Å²) in [7, 11) is 1.65. The highest BCUT2D eigenvalue weighted by Crippen LogP contribution is 2.41. The summed E-state index contributed by atoms with van der Waals surface area (Å²) in [5, 5.41) is 1.12. The number of fused-ring (bicyclic) bond motifs is 1. The highest BCUT2D eigenvalue weighted by Gasteiger charge is 2.18. The molecule has 0 aliphatic heterocycles. The Morgan fingerprint density at radius 1 is 1.50 bits per heavy atom. The molecule has 0 saturated heterocycles. The van der Waals surface area contributed by atoms with Crippen LogP contribution in [-0.4, -0.2) is 12.1 Å². The van der Waals surface area contributed by atoms with Crippen LogP contribution in [0.5, 0.6) is 5.75 Å². The molecule has 0 amide bonds. The van der Waals surface area contributed by atoms with E-state index in [2.05, 4.69) is 18.8 Å². The Morgan fingerprint density at radius 2 is 2.19 bits per heavy atom. The van der Waals surface area contributed by atoms with Gasteiger partial charge in [0.1, 0.15) is 11.3 Å². The van der Waals surface area contributed by atoms with Crippen molar-refractivity contribution in [2.75, 3.05) is 12.8 Å². The first-order valence-electron chi connectivity index (χ1n) is 4.97. The molecule has 5 heteroatoms. The maximum Gasteiger partial charge on any atom is 0.181 e. The zero-order valence-corrected chi connectivity index (χ0v) is 10.9. The molecule has 1 heterocycles. The molecule has 1 aromatic heterocycles. The van der Waals surface area contributed by atoms with Crippen LogP contribution in [0, 0.1) is 0 Å². The van der Waals surface area contributed by atoms with E-state index in [9.17, 15) is 0 Å². The lowest BCUT2D eigenvalue weighted by Gasteiger charge is -2.12. The number of ether oxygens (including phenoxy) is 1. The van der Waals surface area contributed by atoms with Gasteiger partial charge in [-0.1, -0.05) is 36.8 Å². The molecule has 86 valence electrons. The summed E-state index contributed by atoms with van der Waals surface area (Å²) in [5.41, 5.74) is 7.62. The molecule has 0 aliphatic carbocycles. The number of halogens is 1. The SMILES string of the molecule is COc1cc(Cl)c2nc(N)sc2c1C(C)C. The molecule has 2 N–H and O–H groups in total. The number of thiazole rings is 1. The number of anilines is 1. The van der Waals surface area contributed by atoms with Gasteiger partial charge in [0.25, 0.3) is 0 Å². The summed E-state index contributed by atoms with van der Waals surface area (Å²) in [4.78, 5) is 4.24. The minimum atomic E-state index is 0.342. The number of hydrogen-bond donors (Lipinski definition) is 1. The van der Waals surface area contributed by atoms with Crippen molar-refractivity contribution in [3.63, 3.8) is 0 Å². The molecule has 0 bridgehead atoms. The summed E-state index contributed by atoms with van der Waals surface area (Å²) in [6.07, 6.45) is 0. The predicted molar refractivity (Wildman–Crippen MR) is 69.7 cm³/mol. The Labute approximate surface area is 103 Å². The molecule has 16 heavy (non-hydrogen) atoms. The number of rotatable bonds is 2. The fourth-order valence-electron chi connectivity index (χ4n) is 1.77.